The van der Waals surface area contributed by atoms with Crippen LogP contribution in [0.1, 0.15) is 41.1 Å². The highest BCUT2D eigenvalue weighted by Crippen LogP contribution is 2.38. The van der Waals surface area contributed by atoms with Crippen LogP contribution < -0.4 is 10.5 Å². The van der Waals surface area contributed by atoms with E-state index in [-0.39, 0.29) is 36.7 Å². The Labute approximate surface area is 242 Å². The van der Waals surface area contributed by atoms with Gasteiger partial charge in [-0.15, -0.1) is 0 Å². The number of halogens is 1. The summed E-state index contributed by atoms with van der Waals surface area (Å²) in [6.07, 6.45) is 6.61. The van der Waals surface area contributed by atoms with Crippen molar-refractivity contribution in [2.24, 2.45) is 23.7 Å². The lowest BCUT2D eigenvalue weighted by Gasteiger charge is -2.33. The fourth-order valence-electron chi connectivity index (χ4n) is 6.29. The van der Waals surface area contributed by atoms with Gasteiger partial charge >= 0.3 is 0 Å². The van der Waals surface area contributed by atoms with Gasteiger partial charge in [0.15, 0.2) is 5.82 Å². The summed E-state index contributed by atoms with van der Waals surface area (Å²) in [6.45, 7) is 1.22. The van der Waals surface area contributed by atoms with E-state index in [1.165, 1.54) is 23.8 Å². The smallest absolute Gasteiger partial charge is 0.269 e. The molecule has 3 atom stereocenters. The first-order chi connectivity index (χ1) is 20.3. The minimum Gasteiger partial charge on any atom is -0.494 e. The first kappa shape index (κ1) is 26.6. The topological polar surface area (TPSA) is 108 Å². The first-order valence-corrected chi connectivity index (χ1v) is 14.4. The van der Waals surface area contributed by atoms with Gasteiger partial charge in [0.25, 0.3) is 11.8 Å². The van der Waals surface area contributed by atoms with Gasteiger partial charge in [0.05, 0.1) is 24.9 Å². The van der Waals surface area contributed by atoms with Crippen molar-refractivity contribution in [3.05, 3.63) is 59.7 Å². The van der Waals surface area contributed by atoms with Gasteiger partial charge in [-0.2, -0.15) is 0 Å². The molecule has 2 aromatic heterocycles. The molecule has 7 rings (SSSR count). The second kappa shape index (κ2) is 10.2. The normalized spacial score (nSPS) is 22.4. The number of ether oxygens (including phenoxy) is 1. The van der Waals surface area contributed by atoms with Gasteiger partial charge in [0, 0.05) is 60.9 Å². The quantitative estimate of drug-likeness (QED) is 0.372. The van der Waals surface area contributed by atoms with Crippen LogP contribution in [0.5, 0.6) is 5.75 Å². The van der Waals surface area contributed by atoms with Gasteiger partial charge in [-0.05, 0) is 55.0 Å². The number of benzene rings is 2. The third-order valence-electron chi connectivity index (χ3n) is 8.61. The van der Waals surface area contributed by atoms with E-state index in [0.29, 0.717) is 29.3 Å². The molecule has 0 spiro atoms. The molecule has 1 saturated carbocycles. The van der Waals surface area contributed by atoms with Crippen LogP contribution in [-0.4, -0.2) is 69.5 Å². The van der Waals surface area contributed by atoms with Crippen molar-refractivity contribution >= 4 is 40.0 Å². The Morgan fingerprint density at radius 1 is 1.17 bits per heavy atom. The Balaban J connectivity index is 1.32. The number of carbonyl (C=O) groups excluding carboxylic acids is 2. The molecular weight excluding hydrogens is 535 g/mol. The summed E-state index contributed by atoms with van der Waals surface area (Å²) in [4.78, 5) is 35.5. The van der Waals surface area contributed by atoms with Crippen LogP contribution in [0.3, 0.4) is 0 Å². The molecule has 3 aliphatic rings. The van der Waals surface area contributed by atoms with E-state index < -0.39 is 6.17 Å². The number of aliphatic imine (C=N–C) groups is 1. The van der Waals surface area contributed by atoms with Crippen molar-refractivity contribution < 1.29 is 18.7 Å². The molecule has 2 aromatic carbocycles. The van der Waals surface area contributed by atoms with Crippen molar-refractivity contribution in [1.29, 1.82) is 0 Å². The van der Waals surface area contributed by atoms with E-state index in [1.54, 1.807) is 25.5 Å². The first-order valence-electron chi connectivity index (χ1n) is 14.4. The van der Waals surface area contributed by atoms with Crippen LogP contribution in [-0.2, 0) is 18.4 Å². The average molecular weight is 569 g/mol. The van der Waals surface area contributed by atoms with E-state index >= 15 is 0 Å². The zero-order valence-electron chi connectivity index (χ0n) is 23.7. The number of dihydropyridines is 1. The van der Waals surface area contributed by atoms with Crippen LogP contribution in [0.25, 0.3) is 33.5 Å². The van der Waals surface area contributed by atoms with Crippen molar-refractivity contribution in [1.82, 2.24) is 19.0 Å². The number of aromatic nitrogens is 3. The summed E-state index contributed by atoms with van der Waals surface area (Å²) in [5, 5.41) is 1.10. The monoisotopic (exact) mass is 568 g/mol. The number of nitrogens with zero attached hydrogens (tertiary/aromatic N) is 5. The van der Waals surface area contributed by atoms with E-state index in [2.05, 4.69) is 33.8 Å². The fraction of sp³-hybridized carbons (Fsp3) is 0.375. The Kier molecular flexibility index (Phi) is 6.46. The predicted octanol–water partition coefficient (Wildman–Crippen LogP) is 4.38. The molecule has 42 heavy (non-hydrogen) atoms. The number of nitrogens with two attached hydrogens (primary N) is 1. The molecule has 4 aromatic rings. The summed E-state index contributed by atoms with van der Waals surface area (Å²) in [7, 11) is 3.53. The molecule has 10 heteroatoms. The molecule has 2 fully saturated rings. The number of alkyl halides is 1. The number of hydrogen-bond donors (Lipinski definition) is 1. The molecule has 2 aliphatic heterocycles. The highest BCUT2D eigenvalue weighted by atomic mass is 19.1. The summed E-state index contributed by atoms with van der Waals surface area (Å²) in [5.74, 6) is 1.33. The maximum absolute atomic E-state index is 14.2. The van der Waals surface area contributed by atoms with Crippen LogP contribution >= 0.6 is 0 Å². The minimum absolute atomic E-state index is 0.0302. The standard InChI is InChI=1S/C32H33FN6O3/c1-37-30-25(9-22(12-28(30)42-2)32(41)38-16-23(33)13-24(34)17-38)36-31(37)27-11-20-6-5-19(21-7-8-29(40)35-14-21)10-26(20)39(27)15-18-3-4-18/h5-12,14,18,21,23-24H,3-4,13,15-17,34H2,1-2H3/t21?,23-,24-/m1/s1. The molecule has 1 aliphatic carbocycles. The zero-order chi connectivity index (χ0) is 29.1. The number of carbonyl (C=O) groups is 2. The number of likely N-dealkylation sites (tertiary alicyclic amines) is 1. The number of hydrogen-bond acceptors (Lipinski definition) is 5. The lowest BCUT2D eigenvalue weighted by molar-refractivity contribution is -0.113. The molecule has 0 bridgehead atoms. The lowest BCUT2D eigenvalue weighted by Crippen LogP contribution is -2.50. The fourth-order valence-corrected chi connectivity index (χ4v) is 6.29. The van der Waals surface area contributed by atoms with Crippen LogP contribution in [0.4, 0.5) is 4.39 Å². The number of rotatable bonds is 6. The Bertz CT molecular complexity index is 1770. The maximum Gasteiger partial charge on any atom is 0.269 e. The molecule has 2 amide bonds. The molecule has 4 heterocycles. The number of methoxy groups -OCH3 is 1. The third kappa shape index (κ3) is 4.69. The van der Waals surface area contributed by atoms with E-state index in [1.807, 2.05) is 17.7 Å². The average Bonchev–Trinajstić information content (AvgIpc) is 3.65. The number of aryl methyl sites for hydroxylation is 1. The van der Waals surface area contributed by atoms with E-state index in [9.17, 15) is 14.0 Å². The van der Waals surface area contributed by atoms with Gasteiger partial charge in [-0.1, -0.05) is 18.2 Å². The van der Waals surface area contributed by atoms with Gasteiger partial charge in [-0.25, -0.2) is 14.4 Å². The molecule has 1 saturated heterocycles. The number of piperidine rings is 1. The lowest BCUT2D eigenvalue weighted by atomic mass is 9.97. The summed E-state index contributed by atoms with van der Waals surface area (Å²) >= 11 is 0. The molecule has 216 valence electrons. The van der Waals surface area contributed by atoms with Crippen LogP contribution in [0, 0.1) is 5.92 Å². The van der Waals surface area contributed by atoms with Gasteiger partial charge in [0.1, 0.15) is 17.4 Å². The SMILES string of the molecule is COc1cc(C(=O)N2C[C@H](N)C[C@@H](F)C2)cc2nc(-c3cc4ccc(C5C=CC(=O)N=C5)cc4n3CC3CC3)n(C)c12. The van der Waals surface area contributed by atoms with Crippen molar-refractivity contribution in [3.8, 4) is 17.3 Å². The number of fused-ring (bicyclic) bond motifs is 2. The third-order valence-corrected chi connectivity index (χ3v) is 8.61. The second-order valence-corrected chi connectivity index (χ2v) is 11.7. The second-order valence-electron chi connectivity index (χ2n) is 11.7. The molecule has 1 unspecified atom stereocenters. The van der Waals surface area contributed by atoms with E-state index in [4.69, 9.17) is 15.5 Å². The summed E-state index contributed by atoms with van der Waals surface area (Å²) in [5.41, 5.74) is 11.0. The highest BCUT2D eigenvalue weighted by molar-refractivity contribution is 6.01. The molecule has 2 N–H and O–H groups in total. The minimum atomic E-state index is -1.14. The number of allylic oxidation sites excluding steroid dienone is 1. The summed E-state index contributed by atoms with van der Waals surface area (Å²) < 4.78 is 24.3. The Morgan fingerprint density at radius 3 is 2.71 bits per heavy atom. The largest absolute Gasteiger partial charge is 0.494 e. The van der Waals surface area contributed by atoms with Crippen LogP contribution in [0.15, 0.2) is 53.5 Å². The Morgan fingerprint density at radius 2 is 2.00 bits per heavy atom. The maximum atomic E-state index is 14.2. The van der Waals surface area contributed by atoms with Gasteiger partial charge in [0.2, 0.25) is 0 Å². The summed E-state index contributed by atoms with van der Waals surface area (Å²) in [6, 6.07) is 11.6. The van der Waals surface area contributed by atoms with Crippen molar-refractivity contribution in [3.63, 3.8) is 0 Å². The van der Waals surface area contributed by atoms with Crippen LogP contribution in [0.2, 0.25) is 0 Å². The molecule has 0 radical (unpaired) electrons. The highest BCUT2D eigenvalue weighted by Gasteiger charge is 2.30. The predicted molar refractivity (Wildman–Crippen MR) is 160 cm³/mol. The number of amides is 2. The van der Waals surface area contributed by atoms with Crippen molar-refractivity contribution in [2.45, 2.75) is 43.9 Å². The van der Waals surface area contributed by atoms with E-state index in [0.717, 1.165) is 40.0 Å². The number of imidazole rings is 1. The van der Waals surface area contributed by atoms with Gasteiger partial charge in [-0.3, -0.25) is 9.59 Å². The molecule has 9 nitrogen and oxygen atoms in total. The van der Waals surface area contributed by atoms with Gasteiger partial charge < -0.3 is 24.5 Å². The zero-order valence-corrected chi connectivity index (χ0v) is 23.7. The Hall–Kier alpha value is -4.31. The molecular formula is C32H33FN6O3. The van der Waals surface area contributed by atoms with Crippen molar-refractivity contribution in [2.75, 3.05) is 20.2 Å².